The molecule has 1 amide bonds. The van der Waals surface area contributed by atoms with Crippen LogP contribution in [0.2, 0.25) is 0 Å². The largest absolute Gasteiger partial charge is 0.469 e. The highest BCUT2D eigenvalue weighted by atomic mass is 16.6. The summed E-state index contributed by atoms with van der Waals surface area (Å²) in [6.07, 6.45) is 4.76. The van der Waals surface area contributed by atoms with E-state index >= 15 is 0 Å². The molecule has 1 unspecified atom stereocenters. The molecule has 5 nitrogen and oxygen atoms in total. The molecule has 118 valence electrons. The second-order valence-electron chi connectivity index (χ2n) is 6.60. The van der Waals surface area contributed by atoms with Crippen molar-refractivity contribution in [1.82, 2.24) is 10.2 Å². The lowest BCUT2D eigenvalue weighted by atomic mass is 9.93. The maximum Gasteiger partial charge on any atom is 0.410 e. The minimum atomic E-state index is -0.451. The molecular formula is C16H26N2O3. The van der Waals surface area contributed by atoms with Gasteiger partial charge in [-0.05, 0) is 39.7 Å². The maximum absolute atomic E-state index is 11.9. The molecule has 1 N–H and O–H groups in total. The van der Waals surface area contributed by atoms with Gasteiger partial charge in [0, 0.05) is 38.2 Å². The number of likely N-dealkylation sites (N-methyl/N-ethyl adjacent to an activating group) is 1. The molecule has 0 spiro atoms. The lowest BCUT2D eigenvalue weighted by molar-refractivity contribution is 0.0299. The Morgan fingerprint density at radius 3 is 3.00 bits per heavy atom. The van der Waals surface area contributed by atoms with Gasteiger partial charge < -0.3 is 19.4 Å². The lowest BCUT2D eigenvalue weighted by Crippen LogP contribution is -2.39. The molecule has 21 heavy (non-hydrogen) atoms. The smallest absolute Gasteiger partial charge is 0.410 e. The molecule has 0 fully saturated rings. The van der Waals surface area contributed by atoms with Crippen LogP contribution < -0.4 is 5.32 Å². The third-order valence-electron chi connectivity index (χ3n) is 3.60. The van der Waals surface area contributed by atoms with E-state index in [1.165, 1.54) is 5.56 Å². The summed E-state index contributed by atoms with van der Waals surface area (Å²) in [6, 6.07) is 2.38. The second-order valence-corrected chi connectivity index (χ2v) is 6.60. The van der Waals surface area contributed by atoms with Crippen molar-refractivity contribution in [1.29, 1.82) is 0 Å². The number of carbonyl (C=O) groups is 1. The number of furan rings is 1. The van der Waals surface area contributed by atoms with E-state index in [0.717, 1.165) is 31.6 Å². The SMILES string of the molecule is CN(CCNC1CCCc2occc21)C(=O)OC(C)(C)C. The zero-order valence-corrected chi connectivity index (χ0v) is 13.4. The van der Waals surface area contributed by atoms with Crippen molar-refractivity contribution in [2.24, 2.45) is 0 Å². The number of ether oxygens (including phenoxy) is 1. The summed E-state index contributed by atoms with van der Waals surface area (Å²) in [6.45, 7) is 6.99. The van der Waals surface area contributed by atoms with Crippen LogP contribution in [0.15, 0.2) is 16.7 Å². The Morgan fingerprint density at radius 2 is 2.29 bits per heavy atom. The Balaban J connectivity index is 1.76. The van der Waals surface area contributed by atoms with Crippen molar-refractivity contribution in [2.45, 2.75) is 51.7 Å². The monoisotopic (exact) mass is 294 g/mol. The van der Waals surface area contributed by atoms with Crippen molar-refractivity contribution < 1.29 is 13.9 Å². The van der Waals surface area contributed by atoms with Crippen molar-refractivity contribution in [3.63, 3.8) is 0 Å². The summed E-state index contributed by atoms with van der Waals surface area (Å²) in [7, 11) is 1.76. The van der Waals surface area contributed by atoms with E-state index in [4.69, 9.17) is 9.15 Å². The van der Waals surface area contributed by atoms with Crippen LogP contribution in [0.5, 0.6) is 0 Å². The summed E-state index contributed by atoms with van der Waals surface area (Å²) in [5.41, 5.74) is 0.814. The van der Waals surface area contributed by atoms with Crippen LogP contribution in [-0.2, 0) is 11.2 Å². The first-order valence-electron chi connectivity index (χ1n) is 7.60. The number of amides is 1. The Labute approximate surface area is 126 Å². The van der Waals surface area contributed by atoms with Crippen LogP contribution in [0.3, 0.4) is 0 Å². The summed E-state index contributed by atoms with van der Waals surface area (Å²) < 4.78 is 10.8. The average molecular weight is 294 g/mol. The van der Waals surface area contributed by atoms with E-state index in [1.807, 2.05) is 26.8 Å². The third kappa shape index (κ3) is 4.49. The standard InChI is InChI=1S/C16H26N2O3/c1-16(2,3)21-15(19)18(4)10-9-17-13-6-5-7-14-12(13)8-11-20-14/h8,11,13,17H,5-7,9-10H2,1-4H3. The van der Waals surface area contributed by atoms with E-state index in [0.29, 0.717) is 12.6 Å². The molecule has 0 saturated heterocycles. The van der Waals surface area contributed by atoms with Crippen LogP contribution in [0.25, 0.3) is 0 Å². The van der Waals surface area contributed by atoms with Gasteiger partial charge in [-0.1, -0.05) is 0 Å². The van der Waals surface area contributed by atoms with Crippen LogP contribution >= 0.6 is 0 Å². The lowest BCUT2D eigenvalue weighted by Gasteiger charge is -2.26. The molecular weight excluding hydrogens is 268 g/mol. The molecule has 5 heteroatoms. The minimum absolute atomic E-state index is 0.281. The van der Waals surface area contributed by atoms with Gasteiger partial charge in [0.05, 0.1) is 6.26 Å². The molecule has 1 aliphatic rings. The second kappa shape index (κ2) is 6.52. The Morgan fingerprint density at radius 1 is 1.52 bits per heavy atom. The van der Waals surface area contributed by atoms with Gasteiger partial charge in [-0.2, -0.15) is 0 Å². The molecule has 2 rings (SSSR count). The molecule has 0 bridgehead atoms. The van der Waals surface area contributed by atoms with Gasteiger partial charge in [-0.25, -0.2) is 4.79 Å². The number of aryl methyl sites for hydroxylation is 1. The predicted octanol–water partition coefficient (Wildman–Crippen LogP) is 3.11. The fourth-order valence-electron chi connectivity index (χ4n) is 2.54. The van der Waals surface area contributed by atoms with Crippen LogP contribution in [0.4, 0.5) is 4.79 Å². The number of nitrogens with one attached hydrogen (secondary N) is 1. The van der Waals surface area contributed by atoms with Gasteiger partial charge in [-0.3, -0.25) is 0 Å². The third-order valence-corrected chi connectivity index (χ3v) is 3.60. The molecule has 1 aromatic heterocycles. The molecule has 0 saturated carbocycles. The van der Waals surface area contributed by atoms with Gasteiger partial charge in [0.1, 0.15) is 11.4 Å². The summed E-state index contributed by atoms with van der Waals surface area (Å²) in [5, 5.41) is 3.50. The Bertz CT molecular complexity index is 476. The Kier molecular flexibility index (Phi) is 4.93. The van der Waals surface area contributed by atoms with Crippen LogP contribution in [-0.4, -0.2) is 36.7 Å². The van der Waals surface area contributed by atoms with Crippen LogP contribution in [0.1, 0.15) is 51.0 Å². The quantitative estimate of drug-likeness (QED) is 0.927. The molecule has 0 aromatic carbocycles. The summed E-state index contributed by atoms with van der Waals surface area (Å²) >= 11 is 0. The zero-order valence-electron chi connectivity index (χ0n) is 13.4. The molecule has 0 aliphatic heterocycles. The average Bonchev–Trinajstić information content (AvgIpc) is 2.85. The topological polar surface area (TPSA) is 54.7 Å². The number of hydrogen-bond donors (Lipinski definition) is 1. The predicted molar refractivity (Wildman–Crippen MR) is 81.3 cm³/mol. The highest BCUT2D eigenvalue weighted by Crippen LogP contribution is 2.30. The number of rotatable bonds is 4. The Hall–Kier alpha value is -1.49. The highest BCUT2D eigenvalue weighted by Gasteiger charge is 2.23. The van der Waals surface area contributed by atoms with Gasteiger partial charge >= 0.3 is 6.09 Å². The number of fused-ring (bicyclic) bond motifs is 1. The summed E-state index contributed by atoms with van der Waals surface area (Å²) in [5.74, 6) is 1.10. The van der Waals surface area contributed by atoms with Crippen molar-refractivity contribution >= 4 is 6.09 Å². The fraction of sp³-hybridized carbons (Fsp3) is 0.688. The van der Waals surface area contributed by atoms with E-state index < -0.39 is 5.60 Å². The van der Waals surface area contributed by atoms with Gasteiger partial charge in [0.25, 0.3) is 0 Å². The first-order chi connectivity index (χ1) is 9.87. The van der Waals surface area contributed by atoms with Crippen molar-refractivity contribution in [3.05, 3.63) is 23.7 Å². The fourth-order valence-corrected chi connectivity index (χ4v) is 2.54. The molecule has 1 aromatic rings. The van der Waals surface area contributed by atoms with E-state index in [9.17, 15) is 4.79 Å². The first kappa shape index (κ1) is 15.9. The molecule has 1 heterocycles. The van der Waals surface area contributed by atoms with Gasteiger partial charge in [-0.15, -0.1) is 0 Å². The van der Waals surface area contributed by atoms with Crippen LogP contribution in [0, 0.1) is 0 Å². The maximum atomic E-state index is 11.9. The first-order valence-corrected chi connectivity index (χ1v) is 7.60. The van der Waals surface area contributed by atoms with Crippen molar-refractivity contribution in [3.8, 4) is 0 Å². The highest BCUT2D eigenvalue weighted by molar-refractivity contribution is 5.67. The van der Waals surface area contributed by atoms with E-state index in [2.05, 4.69) is 5.32 Å². The zero-order chi connectivity index (χ0) is 15.5. The summed E-state index contributed by atoms with van der Waals surface area (Å²) in [4.78, 5) is 13.5. The van der Waals surface area contributed by atoms with Crippen molar-refractivity contribution in [2.75, 3.05) is 20.1 Å². The molecule has 0 radical (unpaired) electrons. The normalized spacial score (nSPS) is 18.2. The molecule has 1 atom stereocenters. The minimum Gasteiger partial charge on any atom is -0.469 e. The van der Waals surface area contributed by atoms with Gasteiger partial charge in [0.2, 0.25) is 0 Å². The van der Waals surface area contributed by atoms with E-state index in [-0.39, 0.29) is 6.09 Å². The number of carbonyl (C=O) groups excluding carboxylic acids is 1. The van der Waals surface area contributed by atoms with E-state index in [1.54, 1.807) is 18.2 Å². The number of nitrogens with zero attached hydrogens (tertiary/aromatic N) is 1. The number of hydrogen-bond acceptors (Lipinski definition) is 4. The molecule has 1 aliphatic carbocycles. The van der Waals surface area contributed by atoms with Gasteiger partial charge in [0.15, 0.2) is 0 Å².